The Kier molecular flexibility index (Phi) is 6.29. The number of methoxy groups -OCH3 is 1. The van der Waals surface area contributed by atoms with Gasteiger partial charge in [0, 0.05) is 17.8 Å². The molecule has 2 aliphatic rings. The predicted octanol–water partition coefficient (Wildman–Crippen LogP) is 3.14. The van der Waals surface area contributed by atoms with Crippen molar-refractivity contribution in [2.45, 2.75) is 57.8 Å². The van der Waals surface area contributed by atoms with Crippen molar-refractivity contribution in [2.75, 3.05) is 25.5 Å². The summed E-state index contributed by atoms with van der Waals surface area (Å²) in [6.07, 6.45) is 8.42. The van der Waals surface area contributed by atoms with E-state index >= 15 is 0 Å². The van der Waals surface area contributed by atoms with E-state index in [0.29, 0.717) is 23.5 Å². The van der Waals surface area contributed by atoms with E-state index in [-0.39, 0.29) is 18.4 Å². The highest BCUT2D eigenvalue weighted by atomic mass is 32.1. The molecular weight excluding hydrogens is 352 g/mol. The Bertz CT molecular complexity index is 698. The van der Waals surface area contributed by atoms with E-state index in [9.17, 15) is 14.4 Å². The van der Waals surface area contributed by atoms with Crippen molar-refractivity contribution in [1.29, 1.82) is 0 Å². The lowest BCUT2D eigenvalue weighted by atomic mass is 9.95. The number of ether oxygens (including phenoxy) is 1. The van der Waals surface area contributed by atoms with Gasteiger partial charge in [0.1, 0.15) is 5.00 Å². The zero-order valence-corrected chi connectivity index (χ0v) is 16.1. The van der Waals surface area contributed by atoms with Gasteiger partial charge in [-0.25, -0.2) is 4.79 Å². The molecule has 7 heteroatoms. The van der Waals surface area contributed by atoms with E-state index in [0.717, 1.165) is 61.8 Å². The normalized spacial score (nSPS) is 17.9. The van der Waals surface area contributed by atoms with Crippen LogP contribution in [0, 0.1) is 0 Å². The minimum absolute atomic E-state index is 0.0403. The molecule has 2 heterocycles. The van der Waals surface area contributed by atoms with E-state index in [1.165, 1.54) is 18.4 Å². The first-order valence-corrected chi connectivity index (χ1v) is 10.2. The quantitative estimate of drug-likeness (QED) is 0.817. The maximum Gasteiger partial charge on any atom is 0.341 e. The molecule has 2 amide bonds. The fourth-order valence-electron chi connectivity index (χ4n) is 3.69. The van der Waals surface area contributed by atoms with Gasteiger partial charge < -0.3 is 15.0 Å². The van der Waals surface area contributed by atoms with Crippen LogP contribution in [0.5, 0.6) is 0 Å². The minimum atomic E-state index is -0.401. The van der Waals surface area contributed by atoms with Gasteiger partial charge in [-0.2, -0.15) is 0 Å². The summed E-state index contributed by atoms with van der Waals surface area (Å²) >= 11 is 1.47. The van der Waals surface area contributed by atoms with Crippen LogP contribution < -0.4 is 5.32 Å². The highest BCUT2D eigenvalue weighted by Crippen LogP contribution is 2.38. The van der Waals surface area contributed by atoms with Gasteiger partial charge in [-0.1, -0.05) is 12.8 Å². The third kappa shape index (κ3) is 4.26. The number of nitrogens with zero attached hydrogens (tertiary/aromatic N) is 1. The molecule has 6 nitrogen and oxygen atoms in total. The average molecular weight is 378 g/mol. The molecule has 0 atom stereocenters. The lowest BCUT2D eigenvalue weighted by molar-refractivity contribution is -0.135. The number of hydrogen-bond acceptors (Lipinski definition) is 5. The number of likely N-dealkylation sites (tertiary alicyclic amines) is 1. The first-order chi connectivity index (χ1) is 12.6. The van der Waals surface area contributed by atoms with Gasteiger partial charge in [-0.3, -0.25) is 9.59 Å². The maximum atomic E-state index is 12.5. The number of amides is 2. The first-order valence-electron chi connectivity index (χ1n) is 9.40. The second-order valence-electron chi connectivity index (χ2n) is 6.93. The molecule has 142 valence electrons. The van der Waals surface area contributed by atoms with Gasteiger partial charge in [0.2, 0.25) is 11.8 Å². The van der Waals surface area contributed by atoms with Gasteiger partial charge in [0.05, 0.1) is 19.2 Å². The van der Waals surface area contributed by atoms with Crippen molar-refractivity contribution in [2.24, 2.45) is 0 Å². The third-order valence-corrected chi connectivity index (χ3v) is 6.28. The number of carbonyl (C=O) groups excluding carboxylic acids is 3. The van der Waals surface area contributed by atoms with Crippen LogP contribution in [0.2, 0.25) is 0 Å². The fraction of sp³-hybridized carbons (Fsp3) is 0.632. The van der Waals surface area contributed by atoms with Crippen molar-refractivity contribution < 1.29 is 19.1 Å². The van der Waals surface area contributed by atoms with Crippen LogP contribution in [0.4, 0.5) is 5.00 Å². The number of carbonyl (C=O) groups is 3. The lowest BCUT2D eigenvalue weighted by Gasteiger charge is -2.24. The molecule has 1 aromatic rings. The second-order valence-corrected chi connectivity index (χ2v) is 8.04. The van der Waals surface area contributed by atoms with Crippen LogP contribution in [0.1, 0.15) is 65.7 Å². The molecule has 1 aromatic heterocycles. The monoisotopic (exact) mass is 378 g/mol. The highest BCUT2D eigenvalue weighted by Gasteiger charge is 2.27. The molecule has 1 saturated heterocycles. The second kappa shape index (κ2) is 8.66. The number of nitrogens with one attached hydrogen (secondary N) is 1. The van der Waals surface area contributed by atoms with Gasteiger partial charge >= 0.3 is 5.97 Å². The van der Waals surface area contributed by atoms with Crippen LogP contribution in [-0.4, -0.2) is 42.9 Å². The molecule has 1 aliphatic carbocycles. The molecule has 26 heavy (non-hydrogen) atoms. The van der Waals surface area contributed by atoms with Crippen molar-refractivity contribution in [1.82, 2.24) is 4.90 Å². The number of thiophene rings is 1. The number of aryl methyl sites for hydroxylation is 1. The van der Waals surface area contributed by atoms with Crippen LogP contribution >= 0.6 is 11.3 Å². The smallest absolute Gasteiger partial charge is 0.341 e. The molecule has 0 spiro atoms. The summed E-state index contributed by atoms with van der Waals surface area (Å²) < 4.78 is 4.93. The molecule has 1 fully saturated rings. The zero-order chi connectivity index (χ0) is 18.5. The molecule has 1 N–H and O–H groups in total. The third-order valence-electron chi connectivity index (χ3n) is 5.07. The van der Waals surface area contributed by atoms with Crippen molar-refractivity contribution >= 4 is 34.1 Å². The van der Waals surface area contributed by atoms with E-state index in [2.05, 4.69) is 5.32 Å². The molecule has 0 bridgehead atoms. The molecule has 1 aliphatic heterocycles. The maximum absolute atomic E-state index is 12.5. The van der Waals surface area contributed by atoms with Gasteiger partial charge in [0.15, 0.2) is 0 Å². The standard InChI is InChI=1S/C19H26N2O4S/c1-25-19(24)17-13-8-5-6-9-14(13)26-18(17)20-15(22)12-21-11-7-3-2-4-10-16(21)23/h2-12H2,1H3,(H,20,22). The van der Waals surface area contributed by atoms with Crippen LogP contribution in [-0.2, 0) is 27.2 Å². The lowest BCUT2D eigenvalue weighted by Crippen LogP contribution is -2.39. The van der Waals surface area contributed by atoms with Crippen molar-refractivity contribution in [3.8, 4) is 0 Å². The predicted molar refractivity (Wildman–Crippen MR) is 101 cm³/mol. The molecule has 0 radical (unpaired) electrons. The van der Waals surface area contributed by atoms with Crippen molar-refractivity contribution in [3.63, 3.8) is 0 Å². The summed E-state index contributed by atoms with van der Waals surface area (Å²) in [6.45, 7) is 0.666. The van der Waals surface area contributed by atoms with Crippen LogP contribution in [0.25, 0.3) is 0 Å². The molecular formula is C19H26N2O4S. The summed E-state index contributed by atoms with van der Waals surface area (Å²) in [5.41, 5.74) is 1.52. The van der Waals surface area contributed by atoms with Crippen molar-refractivity contribution in [3.05, 3.63) is 16.0 Å². The number of esters is 1. The Balaban J connectivity index is 1.73. The largest absolute Gasteiger partial charge is 0.465 e. The topological polar surface area (TPSA) is 75.7 Å². The first kappa shape index (κ1) is 18.9. The summed E-state index contributed by atoms with van der Waals surface area (Å²) in [7, 11) is 1.36. The minimum Gasteiger partial charge on any atom is -0.465 e. The van der Waals surface area contributed by atoms with Gasteiger partial charge in [0.25, 0.3) is 0 Å². The number of fused-ring (bicyclic) bond motifs is 1. The Morgan fingerprint density at radius 3 is 2.62 bits per heavy atom. The van der Waals surface area contributed by atoms with Gasteiger partial charge in [-0.15, -0.1) is 11.3 Å². The average Bonchev–Trinajstić information content (AvgIpc) is 2.98. The summed E-state index contributed by atoms with van der Waals surface area (Å²) in [5.74, 6) is -0.608. The fourth-order valence-corrected chi connectivity index (χ4v) is 4.99. The molecule has 0 unspecified atom stereocenters. The van der Waals surface area contributed by atoms with Crippen LogP contribution in [0.3, 0.4) is 0 Å². The van der Waals surface area contributed by atoms with Gasteiger partial charge in [-0.05, 0) is 44.1 Å². The Labute approximate surface area is 157 Å². The highest BCUT2D eigenvalue weighted by molar-refractivity contribution is 7.17. The summed E-state index contributed by atoms with van der Waals surface area (Å²) in [6, 6.07) is 0. The summed E-state index contributed by atoms with van der Waals surface area (Å²) in [4.78, 5) is 39.8. The van der Waals surface area contributed by atoms with Crippen LogP contribution in [0.15, 0.2) is 0 Å². The zero-order valence-electron chi connectivity index (χ0n) is 15.3. The van der Waals surface area contributed by atoms with E-state index in [1.807, 2.05) is 0 Å². The van der Waals surface area contributed by atoms with E-state index in [1.54, 1.807) is 4.90 Å². The molecule has 3 rings (SSSR count). The molecule has 0 aromatic carbocycles. The Hall–Kier alpha value is -1.89. The SMILES string of the molecule is COC(=O)c1c(NC(=O)CN2CCCCCCC2=O)sc2c1CCCC2. The number of anilines is 1. The molecule has 0 saturated carbocycles. The van der Waals surface area contributed by atoms with E-state index in [4.69, 9.17) is 4.74 Å². The Morgan fingerprint density at radius 1 is 1.08 bits per heavy atom. The van der Waals surface area contributed by atoms with E-state index < -0.39 is 5.97 Å². The Morgan fingerprint density at radius 2 is 1.81 bits per heavy atom. The summed E-state index contributed by atoms with van der Waals surface area (Å²) in [5, 5.41) is 3.43. The number of hydrogen-bond donors (Lipinski definition) is 1. The number of rotatable bonds is 4.